The second-order valence-electron chi connectivity index (χ2n) is 17.4. The Kier molecular flexibility index (Phi) is 16.5. The van der Waals surface area contributed by atoms with Crippen LogP contribution in [0.1, 0.15) is 93.1 Å². The van der Waals surface area contributed by atoms with Crippen molar-refractivity contribution < 1.29 is 53.1 Å². The van der Waals surface area contributed by atoms with E-state index in [0.29, 0.717) is 53.7 Å². The molecule has 6 rings (SSSR count). The summed E-state index contributed by atoms with van der Waals surface area (Å²) in [6, 6.07) is 19.8. The molecule has 13 heteroatoms. The van der Waals surface area contributed by atoms with Crippen LogP contribution in [0.5, 0.6) is 23.0 Å². The van der Waals surface area contributed by atoms with Crippen molar-refractivity contribution in [1.29, 1.82) is 0 Å². The highest BCUT2D eigenvalue weighted by atomic mass is 16.7. The fraction of sp³-hybridized carbons (Fsp3) is 0.500. The smallest absolute Gasteiger partial charge is 0.410 e. The molecule has 1 amide bonds. The molecule has 0 spiro atoms. The number of aliphatic hydroxyl groups is 2. The monoisotopic (exact) mass is 868 g/mol. The molecular weight excluding hydrogens is 805 g/mol. The number of carbonyl (C=O) groups is 2. The van der Waals surface area contributed by atoms with Gasteiger partial charge in [0, 0.05) is 38.2 Å². The van der Waals surface area contributed by atoms with Crippen molar-refractivity contribution in [3.8, 4) is 23.0 Å². The van der Waals surface area contributed by atoms with Crippen LogP contribution in [0.4, 0.5) is 4.79 Å². The number of benzene rings is 3. The Bertz CT molecular complexity index is 2060. The van der Waals surface area contributed by atoms with Crippen LogP contribution in [0.3, 0.4) is 0 Å². The lowest BCUT2D eigenvalue weighted by molar-refractivity contribution is -0.253. The molecule has 1 heterocycles. The van der Waals surface area contributed by atoms with Gasteiger partial charge >= 0.3 is 6.09 Å². The third-order valence-electron chi connectivity index (χ3n) is 12.0. The number of nitrogens with zero attached hydrogens (tertiary/aromatic N) is 2. The van der Waals surface area contributed by atoms with Crippen molar-refractivity contribution >= 4 is 18.1 Å². The number of oxime groups is 1. The summed E-state index contributed by atoms with van der Waals surface area (Å²) < 4.78 is 37.7. The van der Waals surface area contributed by atoms with Crippen LogP contribution in [0.25, 0.3) is 0 Å². The SMILES string of the molecule is C=CCO[C@@]12Oc3ccc(Oc4ccc(OC)c(C=O)c4)cc3[C@H]3[C@H](CCCCO)[C@@H](CCCCO)C=C(C(=NOC(C)(C)C)C[C@@H]1N(C)C(=O)OCCOCc1ccccc1)[C@H]32. The molecule has 13 nitrogen and oxygen atoms in total. The molecule has 3 aromatic carbocycles. The number of rotatable bonds is 22. The molecule has 0 bridgehead atoms. The van der Waals surface area contributed by atoms with Gasteiger partial charge in [-0.15, -0.1) is 6.58 Å². The van der Waals surface area contributed by atoms with Gasteiger partial charge in [0.2, 0.25) is 5.79 Å². The lowest BCUT2D eigenvalue weighted by Gasteiger charge is -2.59. The Balaban J connectivity index is 1.46. The number of aliphatic hydroxyl groups excluding tert-OH is 2. The maximum absolute atomic E-state index is 14.2. The van der Waals surface area contributed by atoms with E-state index in [1.54, 1.807) is 36.2 Å². The van der Waals surface area contributed by atoms with E-state index in [2.05, 4.69) is 12.7 Å². The highest BCUT2D eigenvalue weighted by molar-refractivity contribution is 6.03. The topological polar surface area (TPSA) is 155 Å². The van der Waals surface area contributed by atoms with Gasteiger partial charge in [0.1, 0.15) is 41.2 Å². The van der Waals surface area contributed by atoms with Crippen LogP contribution in [-0.2, 0) is 25.7 Å². The first-order valence-electron chi connectivity index (χ1n) is 22.1. The lowest BCUT2D eigenvalue weighted by Crippen LogP contribution is -2.69. The molecule has 3 aromatic rings. The first-order chi connectivity index (χ1) is 30.5. The number of methoxy groups -OCH3 is 1. The van der Waals surface area contributed by atoms with Crippen molar-refractivity contribution in [1.82, 2.24) is 4.90 Å². The van der Waals surface area contributed by atoms with Gasteiger partial charge in [-0.05, 0) is 106 Å². The average Bonchev–Trinajstić information content (AvgIpc) is 3.28. The van der Waals surface area contributed by atoms with Crippen LogP contribution in [0, 0.1) is 17.8 Å². The number of hydrogen-bond donors (Lipinski definition) is 2. The van der Waals surface area contributed by atoms with Crippen LogP contribution < -0.4 is 14.2 Å². The summed E-state index contributed by atoms with van der Waals surface area (Å²) in [5, 5.41) is 24.7. The number of hydrogen-bond acceptors (Lipinski definition) is 12. The number of aldehydes is 1. The first-order valence-corrected chi connectivity index (χ1v) is 22.1. The summed E-state index contributed by atoms with van der Waals surface area (Å²) in [5.41, 5.74) is 3.24. The maximum Gasteiger partial charge on any atom is 0.410 e. The van der Waals surface area contributed by atoms with Crippen molar-refractivity contribution in [2.24, 2.45) is 22.9 Å². The van der Waals surface area contributed by atoms with E-state index in [0.717, 1.165) is 48.7 Å². The van der Waals surface area contributed by atoms with E-state index in [4.69, 9.17) is 38.4 Å². The number of carbonyl (C=O) groups excluding carboxylic acids is 2. The normalized spacial score (nSPS) is 23.1. The molecule has 0 radical (unpaired) electrons. The summed E-state index contributed by atoms with van der Waals surface area (Å²) in [6.45, 7) is 10.7. The Morgan fingerprint density at radius 2 is 1.71 bits per heavy atom. The molecule has 1 saturated carbocycles. The lowest BCUT2D eigenvalue weighted by atomic mass is 9.55. The highest BCUT2D eigenvalue weighted by Gasteiger charge is 2.65. The third kappa shape index (κ3) is 11.3. The van der Waals surface area contributed by atoms with Crippen LogP contribution in [-0.4, -0.2) is 97.8 Å². The molecule has 1 aliphatic heterocycles. The van der Waals surface area contributed by atoms with E-state index >= 15 is 0 Å². The molecule has 2 N–H and O–H groups in total. The average molecular weight is 869 g/mol. The van der Waals surface area contributed by atoms with Gasteiger partial charge < -0.3 is 48.4 Å². The van der Waals surface area contributed by atoms with Crippen LogP contribution in [0.2, 0.25) is 0 Å². The van der Waals surface area contributed by atoms with Crippen LogP contribution >= 0.6 is 0 Å². The van der Waals surface area contributed by atoms with Gasteiger partial charge in [0.15, 0.2) is 6.29 Å². The number of unbranched alkanes of at least 4 members (excludes halogenated alkanes) is 2. The zero-order valence-corrected chi connectivity index (χ0v) is 37.3. The zero-order valence-electron chi connectivity index (χ0n) is 37.3. The molecule has 63 heavy (non-hydrogen) atoms. The highest BCUT2D eigenvalue weighted by Crippen LogP contribution is 2.62. The Morgan fingerprint density at radius 3 is 2.41 bits per heavy atom. The fourth-order valence-corrected chi connectivity index (χ4v) is 9.17. The Morgan fingerprint density at radius 1 is 0.984 bits per heavy atom. The van der Waals surface area contributed by atoms with Crippen molar-refractivity contribution in [3.05, 3.63) is 108 Å². The number of allylic oxidation sites excluding steroid dienone is 1. The molecule has 0 unspecified atom stereocenters. The molecule has 2 aliphatic carbocycles. The molecular formula is C50H64N2O11. The van der Waals surface area contributed by atoms with Crippen molar-refractivity contribution in [2.45, 2.75) is 95.7 Å². The Labute approximate surface area is 371 Å². The summed E-state index contributed by atoms with van der Waals surface area (Å²) in [6.07, 6.45) is 8.80. The molecule has 3 aliphatic rings. The maximum atomic E-state index is 14.2. The van der Waals surface area contributed by atoms with Gasteiger partial charge in [0.05, 0.1) is 44.1 Å². The van der Waals surface area contributed by atoms with E-state index in [1.807, 2.05) is 69.3 Å². The van der Waals surface area contributed by atoms with E-state index in [9.17, 15) is 19.8 Å². The number of amides is 1. The number of likely N-dealkylation sites (N-methyl/N-ethyl adjacent to an activating group) is 1. The largest absolute Gasteiger partial charge is 0.496 e. The fourth-order valence-electron chi connectivity index (χ4n) is 9.17. The van der Waals surface area contributed by atoms with Crippen LogP contribution in [0.15, 0.2) is 96.2 Å². The molecule has 6 atom stereocenters. The van der Waals surface area contributed by atoms with E-state index < -0.39 is 29.4 Å². The zero-order chi connectivity index (χ0) is 45.0. The summed E-state index contributed by atoms with van der Waals surface area (Å²) in [5.74, 6) is -0.152. The first kappa shape index (κ1) is 47.3. The minimum Gasteiger partial charge on any atom is -0.496 e. The van der Waals surface area contributed by atoms with Gasteiger partial charge in [-0.3, -0.25) is 4.79 Å². The van der Waals surface area contributed by atoms with Gasteiger partial charge in [0.25, 0.3) is 0 Å². The minimum absolute atomic E-state index is 0.0128. The molecule has 1 fully saturated rings. The van der Waals surface area contributed by atoms with E-state index in [1.165, 1.54) is 7.11 Å². The predicted octanol–water partition coefficient (Wildman–Crippen LogP) is 9.02. The van der Waals surface area contributed by atoms with Crippen molar-refractivity contribution in [2.75, 3.05) is 47.2 Å². The van der Waals surface area contributed by atoms with Gasteiger partial charge in [-0.2, -0.15) is 0 Å². The number of ether oxygens (including phenoxy) is 6. The van der Waals surface area contributed by atoms with Crippen molar-refractivity contribution in [3.63, 3.8) is 0 Å². The second-order valence-corrected chi connectivity index (χ2v) is 17.4. The number of fused-ring (bicyclic) bond motifs is 2. The second kappa shape index (κ2) is 21.9. The summed E-state index contributed by atoms with van der Waals surface area (Å²) in [7, 11) is 3.21. The van der Waals surface area contributed by atoms with Gasteiger partial charge in [-0.25, -0.2) is 4.79 Å². The third-order valence-corrected chi connectivity index (χ3v) is 12.0. The summed E-state index contributed by atoms with van der Waals surface area (Å²) in [4.78, 5) is 33.8. The van der Waals surface area contributed by atoms with E-state index in [-0.39, 0.29) is 57.2 Å². The van der Waals surface area contributed by atoms with Gasteiger partial charge in [-0.1, -0.05) is 60.5 Å². The standard InChI is InChI=1S/C50H64N2O11/c1-7-25-60-50-45(52(5)48(56)59-27-26-58-33-34-15-9-8-10-16-34)31-42(51-63-49(2,3)4)40-29-35(17-11-13-23-53)39(18-12-14-24-54)46(47(40)50)41-30-38(20-22-44(41)62-50)61-37-19-21-43(57-6)36(28-37)32-55/h7-10,15-16,19-22,28-30,32,35,39,45-47,53-54H,1,11-14,17-18,23-27,31,33H2,2-6H3/t35-,39+,45-,46+,47+,50+/m0/s1. The quantitative estimate of drug-likeness (QED) is 0.0430. The Hall–Kier alpha value is -5.21. The minimum atomic E-state index is -1.45. The molecule has 0 aromatic heterocycles. The molecule has 340 valence electrons. The summed E-state index contributed by atoms with van der Waals surface area (Å²) >= 11 is 0. The predicted molar refractivity (Wildman–Crippen MR) is 239 cm³/mol. The molecule has 0 saturated heterocycles.